The smallest absolute Gasteiger partial charge is 0.254 e. The zero-order valence-electron chi connectivity index (χ0n) is 19.1. The molecule has 4 rings (SSSR count). The molecule has 0 atom stereocenters. The first-order valence-electron chi connectivity index (χ1n) is 11.1. The lowest BCUT2D eigenvalue weighted by Crippen LogP contribution is -2.40. The Balaban J connectivity index is 1.68. The molecule has 0 saturated carbocycles. The number of amides is 1. The molecule has 0 bridgehead atoms. The minimum atomic E-state index is -3.85. The summed E-state index contributed by atoms with van der Waals surface area (Å²) in [5.41, 5.74) is 2.27. The van der Waals surface area contributed by atoms with Gasteiger partial charge in [-0.05, 0) is 29.3 Å². The lowest BCUT2D eigenvalue weighted by atomic mass is 10.1. The van der Waals surface area contributed by atoms with E-state index in [4.69, 9.17) is 9.47 Å². The first-order chi connectivity index (χ1) is 16.5. The van der Waals surface area contributed by atoms with E-state index in [0.29, 0.717) is 31.9 Å². The van der Waals surface area contributed by atoms with E-state index in [9.17, 15) is 13.2 Å². The Hall–Kier alpha value is -3.20. The van der Waals surface area contributed by atoms with E-state index in [2.05, 4.69) is 0 Å². The van der Waals surface area contributed by atoms with Crippen LogP contribution < -0.4 is 4.74 Å². The van der Waals surface area contributed by atoms with Gasteiger partial charge in [0.1, 0.15) is 10.6 Å². The quantitative estimate of drug-likeness (QED) is 0.493. The van der Waals surface area contributed by atoms with Crippen molar-refractivity contribution in [3.8, 4) is 5.75 Å². The summed E-state index contributed by atoms with van der Waals surface area (Å²) < 4.78 is 38.7. The van der Waals surface area contributed by atoms with Crippen LogP contribution in [0.15, 0.2) is 83.8 Å². The maximum Gasteiger partial charge on any atom is 0.254 e. The molecule has 7 nitrogen and oxygen atoms in total. The lowest BCUT2D eigenvalue weighted by molar-refractivity contribution is 0.0725. The minimum Gasteiger partial charge on any atom is -0.495 e. The molecule has 0 aromatic heterocycles. The van der Waals surface area contributed by atoms with Gasteiger partial charge in [-0.2, -0.15) is 4.31 Å². The Morgan fingerprint density at radius 3 is 2.00 bits per heavy atom. The standard InChI is InChI=1S/C26H28N2O5S/c1-32-24-13-12-23(18-25(24)34(30,31)28-14-16-33-17-15-28)26(29)27(19-21-8-4-2-5-9-21)20-22-10-6-3-7-11-22/h2-13,18H,14-17,19-20H2,1H3. The van der Waals surface area contributed by atoms with Gasteiger partial charge in [0.05, 0.1) is 20.3 Å². The summed E-state index contributed by atoms with van der Waals surface area (Å²) in [5, 5.41) is 0. The highest BCUT2D eigenvalue weighted by atomic mass is 32.2. The zero-order chi connectivity index (χ0) is 24.0. The first kappa shape index (κ1) is 23.9. The molecule has 3 aromatic carbocycles. The summed E-state index contributed by atoms with van der Waals surface area (Å²) in [7, 11) is -2.42. The third kappa shape index (κ3) is 5.47. The van der Waals surface area contributed by atoms with E-state index >= 15 is 0 Å². The average Bonchev–Trinajstić information content (AvgIpc) is 2.89. The summed E-state index contributed by atoms with van der Waals surface area (Å²) in [6.45, 7) is 1.98. The van der Waals surface area contributed by atoms with Gasteiger partial charge >= 0.3 is 0 Å². The Bertz CT molecular complexity index is 1170. The molecule has 1 amide bonds. The molecule has 3 aromatic rings. The first-order valence-corrected chi connectivity index (χ1v) is 12.6. The van der Waals surface area contributed by atoms with Crippen molar-refractivity contribution in [3.63, 3.8) is 0 Å². The minimum absolute atomic E-state index is 0.0119. The second-order valence-electron chi connectivity index (χ2n) is 8.01. The molecule has 1 aliphatic heterocycles. The molecule has 1 fully saturated rings. The third-order valence-corrected chi connectivity index (χ3v) is 7.64. The number of carbonyl (C=O) groups is 1. The monoisotopic (exact) mass is 480 g/mol. The molecule has 178 valence electrons. The molecule has 1 saturated heterocycles. The van der Waals surface area contributed by atoms with Crippen LogP contribution in [0.25, 0.3) is 0 Å². The zero-order valence-corrected chi connectivity index (χ0v) is 19.9. The summed E-state index contributed by atoms with van der Waals surface area (Å²) in [5.74, 6) is -0.0468. The van der Waals surface area contributed by atoms with Crippen molar-refractivity contribution in [1.29, 1.82) is 0 Å². The van der Waals surface area contributed by atoms with Gasteiger partial charge in [0.15, 0.2) is 0 Å². The molecule has 0 radical (unpaired) electrons. The fourth-order valence-corrected chi connectivity index (χ4v) is 5.52. The summed E-state index contributed by atoms with van der Waals surface area (Å²) >= 11 is 0. The molecular formula is C26H28N2O5S. The van der Waals surface area contributed by atoms with Crippen LogP contribution >= 0.6 is 0 Å². The van der Waals surface area contributed by atoms with E-state index in [1.54, 1.807) is 17.0 Å². The van der Waals surface area contributed by atoms with Gasteiger partial charge in [-0.25, -0.2) is 8.42 Å². The van der Waals surface area contributed by atoms with E-state index in [-0.39, 0.29) is 29.6 Å². The van der Waals surface area contributed by atoms with Crippen LogP contribution in [0.1, 0.15) is 21.5 Å². The van der Waals surface area contributed by atoms with Crippen molar-refractivity contribution in [2.45, 2.75) is 18.0 Å². The molecule has 0 N–H and O–H groups in total. The molecule has 8 heteroatoms. The molecule has 0 spiro atoms. The average molecular weight is 481 g/mol. The topological polar surface area (TPSA) is 76.2 Å². The van der Waals surface area contributed by atoms with Gasteiger partial charge in [0.25, 0.3) is 5.91 Å². The Morgan fingerprint density at radius 1 is 0.912 bits per heavy atom. The van der Waals surface area contributed by atoms with Crippen molar-refractivity contribution in [1.82, 2.24) is 9.21 Å². The van der Waals surface area contributed by atoms with Gasteiger partial charge in [-0.1, -0.05) is 60.7 Å². The molecule has 1 aliphatic rings. The number of morpholine rings is 1. The van der Waals surface area contributed by atoms with Crippen LogP contribution in [0.3, 0.4) is 0 Å². The molecular weight excluding hydrogens is 452 g/mol. The highest BCUT2D eigenvalue weighted by molar-refractivity contribution is 7.89. The van der Waals surface area contributed by atoms with Gasteiger partial charge in [-0.3, -0.25) is 4.79 Å². The highest BCUT2D eigenvalue weighted by Gasteiger charge is 2.30. The predicted molar refractivity (Wildman–Crippen MR) is 129 cm³/mol. The van der Waals surface area contributed by atoms with E-state index < -0.39 is 10.0 Å². The Labute approximate surface area is 200 Å². The van der Waals surface area contributed by atoms with Crippen LogP contribution in [-0.4, -0.2) is 56.9 Å². The lowest BCUT2D eigenvalue weighted by Gasteiger charge is -2.27. The maximum absolute atomic E-state index is 13.7. The number of sulfonamides is 1. The Kier molecular flexibility index (Phi) is 7.62. The van der Waals surface area contributed by atoms with E-state index in [1.165, 1.54) is 17.5 Å². The van der Waals surface area contributed by atoms with Crippen molar-refractivity contribution < 1.29 is 22.7 Å². The highest BCUT2D eigenvalue weighted by Crippen LogP contribution is 2.29. The number of nitrogens with zero attached hydrogens (tertiary/aromatic N) is 2. The van der Waals surface area contributed by atoms with Crippen LogP contribution in [0, 0.1) is 0 Å². The van der Waals surface area contributed by atoms with Crippen molar-refractivity contribution >= 4 is 15.9 Å². The van der Waals surface area contributed by atoms with Crippen molar-refractivity contribution in [2.75, 3.05) is 33.4 Å². The molecule has 0 aliphatic carbocycles. The van der Waals surface area contributed by atoms with E-state index in [0.717, 1.165) is 11.1 Å². The number of ether oxygens (including phenoxy) is 2. The van der Waals surface area contributed by atoms with Gasteiger partial charge in [0, 0.05) is 31.7 Å². The van der Waals surface area contributed by atoms with Gasteiger partial charge in [-0.15, -0.1) is 0 Å². The summed E-state index contributed by atoms with van der Waals surface area (Å²) in [4.78, 5) is 15.4. The van der Waals surface area contributed by atoms with Crippen LogP contribution in [-0.2, 0) is 27.8 Å². The predicted octanol–water partition coefficient (Wildman–Crippen LogP) is 3.56. The van der Waals surface area contributed by atoms with Crippen molar-refractivity contribution in [3.05, 3.63) is 95.6 Å². The molecule has 1 heterocycles. The van der Waals surface area contributed by atoms with Crippen LogP contribution in [0.2, 0.25) is 0 Å². The van der Waals surface area contributed by atoms with Gasteiger partial charge in [0.2, 0.25) is 10.0 Å². The van der Waals surface area contributed by atoms with Crippen LogP contribution in [0.5, 0.6) is 5.75 Å². The Morgan fingerprint density at radius 2 is 1.47 bits per heavy atom. The fraction of sp³-hybridized carbons (Fsp3) is 0.269. The number of hydrogen-bond donors (Lipinski definition) is 0. The maximum atomic E-state index is 13.7. The third-order valence-electron chi connectivity index (χ3n) is 5.72. The number of benzene rings is 3. The molecule has 34 heavy (non-hydrogen) atoms. The second kappa shape index (κ2) is 10.8. The normalized spacial score (nSPS) is 14.5. The summed E-state index contributed by atoms with van der Waals surface area (Å²) in [6.07, 6.45) is 0. The van der Waals surface area contributed by atoms with E-state index in [1.807, 2.05) is 60.7 Å². The summed E-state index contributed by atoms with van der Waals surface area (Å²) in [6, 6.07) is 24.0. The van der Waals surface area contributed by atoms with Crippen molar-refractivity contribution in [2.24, 2.45) is 0 Å². The second-order valence-corrected chi connectivity index (χ2v) is 9.92. The number of hydrogen-bond acceptors (Lipinski definition) is 5. The SMILES string of the molecule is COc1ccc(C(=O)N(Cc2ccccc2)Cc2ccccc2)cc1S(=O)(=O)N1CCOCC1. The number of rotatable bonds is 8. The largest absolute Gasteiger partial charge is 0.495 e. The number of carbonyl (C=O) groups excluding carboxylic acids is 1. The fourth-order valence-electron chi connectivity index (χ4n) is 3.93. The number of methoxy groups -OCH3 is 1. The van der Waals surface area contributed by atoms with Gasteiger partial charge < -0.3 is 14.4 Å². The van der Waals surface area contributed by atoms with Crippen LogP contribution in [0.4, 0.5) is 0 Å². The molecule has 0 unspecified atom stereocenters.